The molecule has 4 heteroatoms. The fourth-order valence-corrected chi connectivity index (χ4v) is 2.91. The zero-order valence-corrected chi connectivity index (χ0v) is 12.6. The normalized spacial score (nSPS) is 19.3. The summed E-state index contributed by atoms with van der Waals surface area (Å²) >= 11 is 0. The number of hydrogen-bond donors (Lipinski definition) is 2. The molecule has 1 aliphatic rings. The number of aromatic amines is 1. The molecular formula is C19H17N3O. The Hall–Kier alpha value is -2.88. The van der Waals surface area contributed by atoms with E-state index in [2.05, 4.69) is 27.4 Å². The van der Waals surface area contributed by atoms with Gasteiger partial charge < -0.3 is 10.3 Å². The highest BCUT2D eigenvalue weighted by Crippen LogP contribution is 2.40. The van der Waals surface area contributed by atoms with Gasteiger partial charge in [-0.05, 0) is 24.1 Å². The lowest BCUT2D eigenvalue weighted by Crippen LogP contribution is -2.26. The Balaban J connectivity index is 1.45. The molecule has 2 aromatic carbocycles. The number of benzene rings is 2. The van der Waals surface area contributed by atoms with E-state index in [1.807, 2.05) is 42.5 Å². The standard InChI is InChI=1S/C19H17N3O/c23-19(22-17-12-16(17)13-5-2-1-3-6-13)15-8-4-7-14(11-15)18-20-9-10-21-18/h1-11,16-17H,12H2,(H,20,21)(H,22,23)/t16-,17+/m0/s1. The van der Waals surface area contributed by atoms with Crippen LogP contribution in [0.25, 0.3) is 11.4 Å². The summed E-state index contributed by atoms with van der Waals surface area (Å²) in [6.07, 6.45) is 4.49. The highest BCUT2D eigenvalue weighted by Gasteiger charge is 2.39. The second kappa shape index (κ2) is 5.72. The molecule has 1 saturated carbocycles. The van der Waals surface area contributed by atoms with Crippen LogP contribution in [0.15, 0.2) is 67.0 Å². The van der Waals surface area contributed by atoms with Crippen LogP contribution in [-0.2, 0) is 0 Å². The first-order valence-corrected chi connectivity index (χ1v) is 7.77. The third kappa shape index (κ3) is 2.88. The van der Waals surface area contributed by atoms with Crippen LogP contribution in [0.1, 0.15) is 28.3 Å². The second-order valence-electron chi connectivity index (χ2n) is 5.85. The van der Waals surface area contributed by atoms with Gasteiger partial charge >= 0.3 is 0 Å². The molecule has 2 N–H and O–H groups in total. The molecule has 0 unspecified atom stereocenters. The minimum Gasteiger partial charge on any atom is -0.349 e. The number of rotatable bonds is 4. The molecule has 2 atom stereocenters. The number of amides is 1. The van der Waals surface area contributed by atoms with Crippen molar-refractivity contribution in [2.45, 2.75) is 18.4 Å². The van der Waals surface area contributed by atoms with Gasteiger partial charge in [-0.2, -0.15) is 0 Å². The minimum absolute atomic E-state index is 0.0261. The van der Waals surface area contributed by atoms with Crippen LogP contribution in [0, 0.1) is 0 Å². The van der Waals surface area contributed by atoms with Crippen LogP contribution in [0.5, 0.6) is 0 Å². The van der Waals surface area contributed by atoms with Crippen molar-refractivity contribution < 1.29 is 4.79 Å². The maximum atomic E-state index is 12.5. The molecule has 1 aromatic heterocycles. The molecule has 0 spiro atoms. The van der Waals surface area contributed by atoms with E-state index in [4.69, 9.17) is 0 Å². The quantitative estimate of drug-likeness (QED) is 0.776. The van der Waals surface area contributed by atoms with E-state index in [1.165, 1.54) is 5.56 Å². The van der Waals surface area contributed by atoms with Gasteiger partial charge in [-0.1, -0.05) is 42.5 Å². The maximum Gasteiger partial charge on any atom is 0.251 e. The summed E-state index contributed by atoms with van der Waals surface area (Å²) in [5.74, 6) is 1.18. The minimum atomic E-state index is -0.0261. The van der Waals surface area contributed by atoms with Crippen LogP contribution in [0.4, 0.5) is 0 Å². The lowest BCUT2D eigenvalue weighted by Gasteiger charge is -2.06. The van der Waals surface area contributed by atoms with E-state index in [0.29, 0.717) is 11.5 Å². The van der Waals surface area contributed by atoms with Gasteiger partial charge in [0.15, 0.2) is 0 Å². The van der Waals surface area contributed by atoms with Crippen molar-refractivity contribution >= 4 is 5.91 Å². The molecule has 1 heterocycles. The van der Waals surface area contributed by atoms with Crippen molar-refractivity contribution in [1.29, 1.82) is 0 Å². The van der Waals surface area contributed by atoms with Gasteiger partial charge in [-0.3, -0.25) is 4.79 Å². The maximum absolute atomic E-state index is 12.5. The molecular weight excluding hydrogens is 286 g/mol. The van der Waals surface area contributed by atoms with Gasteiger partial charge in [-0.15, -0.1) is 0 Å². The lowest BCUT2D eigenvalue weighted by atomic mass is 10.1. The number of nitrogens with zero attached hydrogens (tertiary/aromatic N) is 1. The summed E-state index contributed by atoms with van der Waals surface area (Å²) in [7, 11) is 0. The Morgan fingerprint density at radius 3 is 2.78 bits per heavy atom. The summed E-state index contributed by atoms with van der Waals surface area (Å²) in [6.45, 7) is 0. The van der Waals surface area contributed by atoms with Crippen molar-refractivity contribution in [1.82, 2.24) is 15.3 Å². The molecule has 4 nitrogen and oxygen atoms in total. The number of H-pyrrole nitrogens is 1. The molecule has 3 aromatic rings. The largest absolute Gasteiger partial charge is 0.349 e. The smallest absolute Gasteiger partial charge is 0.251 e. The van der Waals surface area contributed by atoms with Gasteiger partial charge in [-0.25, -0.2) is 4.98 Å². The summed E-state index contributed by atoms with van der Waals surface area (Å²) in [5.41, 5.74) is 2.87. The first kappa shape index (κ1) is 13.8. The van der Waals surface area contributed by atoms with E-state index in [1.54, 1.807) is 12.4 Å². The molecule has 114 valence electrons. The fraction of sp³-hybridized carbons (Fsp3) is 0.158. The number of hydrogen-bond acceptors (Lipinski definition) is 2. The van der Waals surface area contributed by atoms with Crippen LogP contribution in [-0.4, -0.2) is 21.9 Å². The van der Waals surface area contributed by atoms with Crippen LogP contribution < -0.4 is 5.32 Å². The Morgan fingerprint density at radius 2 is 2.00 bits per heavy atom. The molecule has 0 bridgehead atoms. The topological polar surface area (TPSA) is 57.8 Å². The van der Waals surface area contributed by atoms with E-state index in [9.17, 15) is 4.79 Å². The summed E-state index contributed by atoms with van der Waals surface area (Å²) in [6, 6.07) is 18.1. The monoisotopic (exact) mass is 303 g/mol. The Bertz CT molecular complexity index is 812. The zero-order valence-electron chi connectivity index (χ0n) is 12.6. The molecule has 1 aliphatic carbocycles. The van der Waals surface area contributed by atoms with E-state index in [0.717, 1.165) is 17.8 Å². The molecule has 0 aliphatic heterocycles. The number of nitrogens with one attached hydrogen (secondary N) is 2. The van der Waals surface area contributed by atoms with Crippen molar-refractivity contribution in [3.63, 3.8) is 0 Å². The lowest BCUT2D eigenvalue weighted by molar-refractivity contribution is 0.0950. The van der Waals surface area contributed by atoms with Crippen molar-refractivity contribution in [3.05, 3.63) is 78.1 Å². The van der Waals surface area contributed by atoms with E-state index < -0.39 is 0 Å². The van der Waals surface area contributed by atoms with Gasteiger partial charge in [0.1, 0.15) is 5.82 Å². The summed E-state index contributed by atoms with van der Waals surface area (Å²) in [4.78, 5) is 19.7. The van der Waals surface area contributed by atoms with Crippen molar-refractivity contribution in [2.24, 2.45) is 0 Å². The van der Waals surface area contributed by atoms with Gasteiger partial charge in [0.05, 0.1) is 0 Å². The van der Waals surface area contributed by atoms with Crippen molar-refractivity contribution in [2.75, 3.05) is 0 Å². The Labute approximate surface area is 134 Å². The second-order valence-corrected chi connectivity index (χ2v) is 5.85. The number of carbonyl (C=O) groups is 1. The Morgan fingerprint density at radius 1 is 1.13 bits per heavy atom. The van der Waals surface area contributed by atoms with E-state index in [-0.39, 0.29) is 11.9 Å². The predicted octanol–water partition coefficient (Wildman–Crippen LogP) is 3.36. The third-order valence-corrected chi connectivity index (χ3v) is 4.23. The third-order valence-electron chi connectivity index (χ3n) is 4.23. The highest BCUT2D eigenvalue weighted by atomic mass is 16.1. The number of aromatic nitrogens is 2. The van der Waals surface area contributed by atoms with Gasteiger partial charge in [0.2, 0.25) is 0 Å². The zero-order chi connectivity index (χ0) is 15.6. The molecule has 1 fully saturated rings. The molecule has 0 radical (unpaired) electrons. The molecule has 23 heavy (non-hydrogen) atoms. The Kier molecular flexibility index (Phi) is 3.42. The average molecular weight is 303 g/mol. The summed E-state index contributed by atoms with van der Waals surface area (Å²) in [5, 5.41) is 3.12. The average Bonchev–Trinajstić information content (AvgIpc) is 3.14. The van der Waals surface area contributed by atoms with Crippen molar-refractivity contribution in [3.8, 4) is 11.4 Å². The number of imidazole rings is 1. The summed E-state index contributed by atoms with van der Waals surface area (Å²) < 4.78 is 0. The van der Waals surface area contributed by atoms with Gasteiger partial charge in [0.25, 0.3) is 5.91 Å². The van der Waals surface area contributed by atoms with E-state index >= 15 is 0 Å². The van der Waals surface area contributed by atoms with Crippen LogP contribution >= 0.6 is 0 Å². The molecule has 0 saturated heterocycles. The molecule has 1 amide bonds. The first-order chi connectivity index (χ1) is 11.3. The number of carbonyl (C=O) groups excluding carboxylic acids is 1. The fourth-order valence-electron chi connectivity index (χ4n) is 2.91. The highest BCUT2D eigenvalue weighted by molar-refractivity contribution is 5.95. The first-order valence-electron chi connectivity index (χ1n) is 7.77. The molecule has 4 rings (SSSR count). The predicted molar refractivity (Wildman–Crippen MR) is 89.1 cm³/mol. The van der Waals surface area contributed by atoms with Crippen LogP contribution in [0.2, 0.25) is 0 Å². The SMILES string of the molecule is O=C(N[C@@H]1C[C@H]1c1ccccc1)c1cccc(-c2ncc[nH]2)c1. The van der Waals surface area contributed by atoms with Gasteiger partial charge in [0, 0.05) is 35.5 Å². The van der Waals surface area contributed by atoms with Crippen LogP contribution in [0.3, 0.4) is 0 Å².